The summed E-state index contributed by atoms with van der Waals surface area (Å²) in [6, 6.07) is 1.86. The molecule has 0 saturated carbocycles. The topological polar surface area (TPSA) is 78.2 Å². The van der Waals surface area contributed by atoms with E-state index >= 15 is 0 Å². The van der Waals surface area contributed by atoms with Gasteiger partial charge in [-0.2, -0.15) is 13.2 Å². The number of nitrogens with zero attached hydrogens (tertiary/aromatic N) is 3. The van der Waals surface area contributed by atoms with E-state index in [2.05, 4.69) is 9.97 Å². The number of benzene rings is 1. The predicted molar refractivity (Wildman–Crippen MR) is 65.2 cm³/mol. The average Bonchev–Trinajstić information content (AvgIpc) is 2.40. The molecule has 0 amide bonds. The van der Waals surface area contributed by atoms with Gasteiger partial charge >= 0.3 is 11.9 Å². The highest BCUT2D eigenvalue weighted by Gasteiger charge is 2.33. The maximum atomic E-state index is 12.5. The zero-order chi connectivity index (χ0) is 15.6. The summed E-state index contributed by atoms with van der Waals surface area (Å²) in [6.45, 7) is 0. The van der Waals surface area contributed by atoms with Crippen molar-refractivity contribution in [3.8, 4) is 11.6 Å². The van der Waals surface area contributed by atoms with Crippen LogP contribution in [0.1, 0.15) is 5.56 Å². The number of ether oxygens (including phenoxy) is 1. The number of halogens is 4. The molecule has 1 heterocycles. The van der Waals surface area contributed by atoms with Gasteiger partial charge in [0, 0.05) is 18.5 Å². The van der Waals surface area contributed by atoms with E-state index in [0.29, 0.717) is 12.1 Å². The van der Waals surface area contributed by atoms with Gasteiger partial charge in [-0.25, -0.2) is 9.97 Å². The third-order valence-corrected chi connectivity index (χ3v) is 2.57. The lowest BCUT2D eigenvalue weighted by Gasteiger charge is -2.09. The summed E-state index contributed by atoms with van der Waals surface area (Å²) in [5.41, 5.74) is -2.02. The lowest BCUT2D eigenvalue weighted by molar-refractivity contribution is -0.385. The summed E-state index contributed by atoms with van der Waals surface area (Å²) in [5, 5.41) is 10.7. The molecule has 2 aromatic rings. The number of hydrogen-bond acceptors (Lipinski definition) is 5. The Kier molecular flexibility index (Phi) is 3.94. The second-order valence-electron chi connectivity index (χ2n) is 3.69. The van der Waals surface area contributed by atoms with E-state index in [1.807, 2.05) is 0 Å². The highest BCUT2D eigenvalue weighted by atomic mass is 35.5. The van der Waals surface area contributed by atoms with Crippen LogP contribution in [0.4, 0.5) is 18.9 Å². The van der Waals surface area contributed by atoms with Crippen LogP contribution in [-0.4, -0.2) is 14.9 Å². The monoisotopic (exact) mass is 319 g/mol. The zero-order valence-electron chi connectivity index (χ0n) is 9.96. The lowest BCUT2D eigenvalue weighted by atomic mass is 10.2. The van der Waals surface area contributed by atoms with Gasteiger partial charge in [-0.15, -0.1) is 0 Å². The van der Waals surface area contributed by atoms with Crippen LogP contribution in [-0.2, 0) is 6.18 Å². The molecule has 0 aliphatic rings. The van der Waals surface area contributed by atoms with Crippen LogP contribution in [0.2, 0.25) is 5.15 Å². The third kappa shape index (κ3) is 3.37. The average molecular weight is 320 g/mol. The summed E-state index contributed by atoms with van der Waals surface area (Å²) < 4.78 is 42.7. The van der Waals surface area contributed by atoms with E-state index in [0.717, 1.165) is 6.07 Å². The fourth-order valence-corrected chi connectivity index (χ4v) is 1.55. The predicted octanol–water partition coefficient (Wildman–Crippen LogP) is 3.85. The lowest BCUT2D eigenvalue weighted by Crippen LogP contribution is -2.06. The van der Waals surface area contributed by atoms with Gasteiger partial charge in [-0.1, -0.05) is 11.6 Å². The summed E-state index contributed by atoms with van der Waals surface area (Å²) in [5.74, 6) is -0.669. The molecule has 6 nitrogen and oxygen atoms in total. The molecule has 1 aromatic carbocycles. The fraction of sp³-hybridized carbons (Fsp3) is 0.0909. The highest BCUT2D eigenvalue weighted by Crippen LogP contribution is 2.38. The first-order valence-electron chi connectivity index (χ1n) is 5.29. The highest BCUT2D eigenvalue weighted by molar-refractivity contribution is 6.30. The molecule has 0 atom stereocenters. The minimum atomic E-state index is -4.70. The van der Waals surface area contributed by atoms with Crippen LogP contribution in [0, 0.1) is 10.1 Å². The van der Waals surface area contributed by atoms with Crippen molar-refractivity contribution in [2.45, 2.75) is 6.18 Å². The van der Waals surface area contributed by atoms with Gasteiger partial charge in [0.05, 0.1) is 10.5 Å². The zero-order valence-corrected chi connectivity index (χ0v) is 10.7. The normalized spacial score (nSPS) is 11.2. The van der Waals surface area contributed by atoms with Crippen molar-refractivity contribution in [2.75, 3.05) is 0 Å². The Hall–Kier alpha value is -2.42. The van der Waals surface area contributed by atoms with Gasteiger partial charge in [-0.05, 0) is 12.1 Å². The molecule has 0 spiro atoms. The molecule has 0 bridgehead atoms. The van der Waals surface area contributed by atoms with Gasteiger partial charge in [-0.3, -0.25) is 10.1 Å². The molecule has 0 fully saturated rings. The maximum absolute atomic E-state index is 12.5. The van der Waals surface area contributed by atoms with Gasteiger partial charge in [0.1, 0.15) is 0 Å². The van der Waals surface area contributed by atoms with Gasteiger partial charge < -0.3 is 4.74 Å². The van der Waals surface area contributed by atoms with Crippen molar-refractivity contribution in [3.63, 3.8) is 0 Å². The summed E-state index contributed by atoms with van der Waals surface area (Å²) in [4.78, 5) is 17.2. The first-order valence-corrected chi connectivity index (χ1v) is 5.67. The van der Waals surface area contributed by atoms with Crippen LogP contribution in [0.5, 0.6) is 11.6 Å². The molecule has 2 rings (SSSR count). The van der Waals surface area contributed by atoms with Gasteiger partial charge in [0.2, 0.25) is 5.75 Å². The Morgan fingerprint density at radius 1 is 1.24 bits per heavy atom. The third-order valence-electron chi connectivity index (χ3n) is 2.31. The van der Waals surface area contributed by atoms with Crippen LogP contribution < -0.4 is 4.74 Å². The second-order valence-corrected chi connectivity index (χ2v) is 4.05. The number of nitro benzene ring substituents is 1. The minimum absolute atomic E-state index is 0.174. The Morgan fingerprint density at radius 2 is 1.90 bits per heavy atom. The van der Waals surface area contributed by atoms with Crippen LogP contribution in [0.25, 0.3) is 0 Å². The van der Waals surface area contributed by atoms with Crippen molar-refractivity contribution in [2.24, 2.45) is 0 Å². The van der Waals surface area contributed by atoms with Crippen LogP contribution in [0.15, 0.2) is 30.6 Å². The number of nitro groups is 1. The van der Waals surface area contributed by atoms with Crippen molar-refractivity contribution in [1.82, 2.24) is 9.97 Å². The van der Waals surface area contributed by atoms with E-state index in [1.165, 1.54) is 12.4 Å². The molecular weight excluding hydrogens is 315 g/mol. The number of rotatable bonds is 3. The van der Waals surface area contributed by atoms with E-state index in [9.17, 15) is 23.3 Å². The van der Waals surface area contributed by atoms with E-state index in [4.69, 9.17) is 16.3 Å². The first kappa shape index (κ1) is 15.0. The summed E-state index contributed by atoms with van der Waals surface area (Å²) in [7, 11) is 0. The first-order chi connectivity index (χ1) is 9.79. The smallest absolute Gasteiger partial charge is 0.416 e. The largest absolute Gasteiger partial charge is 0.429 e. The summed E-state index contributed by atoms with van der Waals surface area (Å²) in [6.07, 6.45) is -2.22. The molecule has 0 N–H and O–H groups in total. The maximum Gasteiger partial charge on any atom is 0.416 e. The molecular formula is C11H5ClF3N3O3. The van der Waals surface area contributed by atoms with Crippen molar-refractivity contribution >= 4 is 17.3 Å². The Balaban J connectivity index is 2.45. The van der Waals surface area contributed by atoms with Gasteiger partial charge in [0.25, 0.3) is 5.88 Å². The van der Waals surface area contributed by atoms with Crippen LogP contribution >= 0.6 is 11.6 Å². The molecule has 0 saturated heterocycles. The van der Waals surface area contributed by atoms with Crippen molar-refractivity contribution in [1.29, 1.82) is 0 Å². The minimum Gasteiger partial charge on any atom is -0.429 e. The quantitative estimate of drug-likeness (QED) is 0.634. The molecule has 0 aliphatic heterocycles. The van der Waals surface area contributed by atoms with Crippen LogP contribution in [0.3, 0.4) is 0 Å². The summed E-state index contributed by atoms with van der Waals surface area (Å²) >= 11 is 5.66. The van der Waals surface area contributed by atoms with Gasteiger partial charge in [0.15, 0.2) is 5.15 Å². The molecule has 1 aromatic heterocycles. The second kappa shape index (κ2) is 5.52. The Morgan fingerprint density at radius 3 is 2.48 bits per heavy atom. The van der Waals surface area contributed by atoms with Crippen molar-refractivity contribution in [3.05, 3.63) is 51.4 Å². The molecule has 0 radical (unpaired) electrons. The van der Waals surface area contributed by atoms with E-state index in [1.54, 1.807) is 0 Å². The van der Waals surface area contributed by atoms with E-state index in [-0.39, 0.29) is 11.0 Å². The molecule has 10 heteroatoms. The number of alkyl halides is 3. The Bertz CT molecular complexity index is 694. The molecule has 110 valence electrons. The number of aromatic nitrogens is 2. The van der Waals surface area contributed by atoms with Crippen molar-refractivity contribution < 1.29 is 22.8 Å². The molecule has 21 heavy (non-hydrogen) atoms. The van der Waals surface area contributed by atoms with E-state index < -0.39 is 28.1 Å². The SMILES string of the molecule is O=[N+]([O-])c1cc(C(F)(F)F)ccc1Oc1nccnc1Cl. The molecule has 0 unspecified atom stereocenters. The number of hydrogen-bond donors (Lipinski definition) is 0. The standard InChI is InChI=1S/C11H5ClF3N3O3/c12-9-10(17-4-3-16-9)21-8-2-1-6(11(13,14)15)5-7(8)18(19)20/h1-5H. The fourth-order valence-electron chi connectivity index (χ4n) is 1.40. The Labute approximate surface area is 120 Å². The molecule has 0 aliphatic carbocycles.